The van der Waals surface area contributed by atoms with E-state index in [-0.39, 0.29) is 6.54 Å². The smallest absolute Gasteiger partial charge is 0.328 e. The molecule has 1 aromatic carbocycles. The number of aliphatic hydroxyl groups excluding tert-OH is 1. The van der Waals surface area contributed by atoms with E-state index in [0.717, 1.165) is 16.5 Å². The van der Waals surface area contributed by atoms with E-state index in [1.54, 1.807) is 6.20 Å². The third-order valence-corrected chi connectivity index (χ3v) is 2.94. The first kappa shape index (κ1) is 14.7. The molecule has 0 unspecified atom stereocenters. The quantitative estimate of drug-likeness (QED) is 0.639. The number of carboxylic acids is 1. The van der Waals surface area contributed by atoms with Gasteiger partial charge in [0.05, 0.1) is 12.1 Å². The summed E-state index contributed by atoms with van der Waals surface area (Å²) in [5.74, 6) is -1.29. The lowest BCUT2D eigenvalue weighted by atomic mass is 10.1. The second-order valence-electron chi connectivity index (χ2n) is 4.39. The Hall–Kier alpha value is -2.67. The summed E-state index contributed by atoms with van der Waals surface area (Å²) in [4.78, 5) is 26.6. The van der Waals surface area contributed by atoms with Gasteiger partial charge in [0.1, 0.15) is 0 Å². The van der Waals surface area contributed by atoms with Crippen molar-refractivity contribution < 1.29 is 19.8 Å². The number of aromatic nitrogens is 1. The Morgan fingerprint density at radius 3 is 2.71 bits per heavy atom. The number of carbonyl (C=O) groups is 2. The van der Waals surface area contributed by atoms with Gasteiger partial charge in [0.15, 0.2) is 6.04 Å². The molecule has 2 rings (SSSR count). The van der Waals surface area contributed by atoms with Crippen molar-refractivity contribution in [3.8, 4) is 0 Å². The third-order valence-electron chi connectivity index (χ3n) is 2.94. The fourth-order valence-corrected chi connectivity index (χ4v) is 1.88. The number of aliphatic hydroxyl groups is 1. The first-order valence-electron chi connectivity index (χ1n) is 6.32. The van der Waals surface area contributed by atoms with Gasteiger partial charge in [-0.2, -0.15) is 0 Å². The number of carbonyl (C=O) groups excluding carboxylic acids is 1. The van der Waals surface area contributed by atoms with Crippen LogP contribution < -0.4 is 10.6 Å². The Bertz CT molecular complexity index is 654. The first-order chi connectivity index (χ1) is 10.1. The summed E-state index contributed by atoms with van der Waals surface area (Å²) in [6.45, 7) is -0.462. The largest absolute Gasteiger partial charge is 0.480 e. The van der Waals surface area contributed by atoms with Crippen molar-refractivity contribution >= 4 is 22.9 Å². The number of carboxylic acid groups (broad SMARTS) is 1. The van der Waals surface area contributed by atoms with Gasteiger partial charge < -0.3 is 20.8 Å². The zero-order valence-corrected chi connectivity index (χ0v) is 11.1. The third kappa shape index (κ3) is 3.67. The van der Waals surface area contributed by atoms with E-state index in [0.29, 0.717) is 0 Å². The number of pyridine rings is 1. The number of rotatable bonds is 5. The number of hydrogen-bond acceptors (Lipinski definition) is 4. The average molecular weight is 289 g/mol. The molecule has 2 amide bonds. The molecule has 0 radical (unpaired) electrons. The van der Waals surface area contributed by atoms with E-state index < -0.39 is 24.6 Å². The van der Waals surface area contributed by atoms with Crippen LogP contribution in [0.4, 0.5) is 4.79 Å². The summed E-state index contributed by atoms with van der Waals surface area (Å²) >= 11 is 0. The number of nitrogens with one attached hydrogen (secondary N) is 2. The summed E-state index contributed by atoms with van der Waals surface area (Å²) in [5.41, 5.74) is 1.59. The van der Waals surface area contributed by atoms with Crippen LogP contribution in [0.15, 0.2) is 36.5 Å². The summed E-state index contributed by atoms with van der Waals surface area (Å²) < 4.78 is 0. The molecular weight excluding hydrogens is 274 g/mol. The number of amides is 2. The number of nitrogens with zero attached hydrogens (tertiary/aromatic N) is 1. The molecule has 0 bridgehead atoms. The topological polar surface area (TPSA) is 112 Å². The molecule has 7 heteroatoms. The first-order valence-corrected chi connectivity index (χ1v) is 6.32. The van der Waals surface area contributed by atoms with Crippen LogP contribution in [-0.4, -0.2) is 39.8 Å². The molecule has 0 aliphatic heterocycles. The number of fused-ring (bicyclic) bond motifs is 1. The number of aliphatic carboxylic acids is 1. The molecule has 0 fully saturated rings. The van der Waals surface area contributed by atoms with E-state index in [2.05, 4.69) is 15.6 Å². The highest BCUT2D eigenvalue weighted by atomic mass is 16.4. The zero-order valence-electron chi connectivity index (χ0n) is 11.1. The van der Waals surface area contributed by atoms with E-state index in [4.69, 9.17) is 10.2 Å². The maximum atomic E-state index is 11.6. The van der Waals surface area contributed by atoms with Crippen LogP contribution >= 0.6 is 0 Å². The van der Waals surface area contributed by atoms with Crippen molar-refractivity contribution in [3.63, 3.8) is 0 Å². The van der Waals surface area contributed by atoms with Gasteiger partial charge in [-0.3, -0.25) is 4.98 Å². The highest BCUT2D eigenvalue weighted by Gasteiger charge is 2.18. The summed E-state index contributed by atoms with van der Waals surface area (Å²) in [6.07, 6.45) is 1.66. The van der Waals surface area contributed by atoms with Crippen molar-refractivity contribution in [1.29, 1.82) is 0 Å². The van der Waals surface area contributed by atoms with Gasteiger partial charge in [-0.05, 0) is 11.6 Å². The fourth-order valence-electron chi connectivity index (χ4n) is 1.88. The summed E-state index contributed by atoms with van der Waals surface area (Å²) in [5, 5.41) is 23.2. The minimum absolute atomic E-state index is 0.206. The molecule has 21 heavy (non-hydrogen) atoms. The minimum Gasteiger partial charge on any atom is -0.480 e. The number of urea groups is 1. The van der Waals surface area contributed by atoms with E-state index in [9.17, 15) is 9.59 Å². The van der Waals surface area contributed by atoms with Crippen LogP contribution in [0, 0.1) is 0 Å². The van der Waals surface area contributed by atoms with Gasteiger partial charge >= 0.3 is 12.0 Å². The molecular formula is C14H15N3O4. The minimum atomic E-state index is -1.32. The highest BCUT2D eigenvalue weighted by Crippen LogP contribution is 2.15. The molecule has 4 N–H and O–H groups in total. The van der Waals surface area contributed by atoms with Crippen molar-refractivity contribution in [2.75, 3.05) is 6.61 Å². The molecule has 0 saturated carbocycles. The number of hydrogen-bond donors (Lipinski definition) is 4. The highest BCUT2D eigenvalue weighted by molar-refractivity contribution is 5.84. The molecule has 0 aliphatic carbocycles. The van der Waals surface area contributed by atoms with Crippen molar-refractivity contribution in [1.82, 2.24) is 15.6 Å². The Morgan fingerprint density at radius 2 is 2.00 bits per heavy atom. The summed E-state index contributed by atoms with van der Waals surface area (Å²) in [6, 6.07) is 7.35. The molecule has 2 aromatic rings. The molecule has 0 saturated heterocycles. The van der Waals surface area contributed by atoms with Crippen molar-refractivity contribution in [2.24, 2.45) is 0 Å². The Labute approximate surface area is 120 Å². The molecule has 110 valence electrons. The normalized spacial score (nSPS) is 11.9. The Balaban J connectivity index is 2.02. The average Bonchev–Trinajstić information content (AvgIpc) is 2.50. The monoisotopic (exact) mass is 289 g/mol. The van der Waals surface area contributed by atoms with E-state index >= 15 is 0 Å². The standard InChI is InChI=1S/C14H15N3O4/c18-8-11(13(19)20)17-14(21)16-7-10-4-1-3-9-5-2-6-15-12(9)10/h1-6,11,18H,7-8H2,(H,19,20)(H2,16,17,21)/t11-/m1/s1. The number of benzene rings is 1. The Kier molecular flexibility index (Phi) is 4.68. The second-order valence-corrected chi connectivity index (χ2v) is 4.39. The molecule has 1 atom stereocenters. The van der Waals surface area contributed by atoms with Gasteiger partial charge in [-0.1, -0.05) is 24.3 Å². The van der Waals surface area contributed by atoms with Gasteiger partial charge in [0, 0.05) is 18.1 Å². The predicted molar refractivity (Wildman–Crippen MR) is 75.6 cm³/mol. The molecule has 0 aliphatic rings. The zero-order chi connectivity index (χ0) is 15.2. The van der Waals surface area contributed by atoms with Gasteiger partial charge in [-0.25, -0.2) is 9.59 Å². The maximum absolute atomic E-state index is 11.6. The lowest BCUT2D eigenvalue weighted by molar-refractivity contribution is -0.140. The molecule has 1 aromatic heterocycles. The van der Waals surface area contributed by atoms with Crippen LogP contribution in [0.3, 0.4) is 0 Å². The molecule has 7 nitrogen and oxygen atoms in total. The van der Waals surface area contributed by atoms with Crippen molar-refractivity contribution in [2.45, 2.75) is 12.6 Å². The second kappa shape index (κ2) is 6.67. The SMILES string of the molecule is O=C(NCc1cccc2cccnc12)N[C@H](CO)C(=O)O. The fraction of sp³-hybridized carbons (Fsp3) is 0.214. The lowest BCUT2D eigenvalue weighted by Crippen LogP contribution is -2.47. The van der Waals surface area contributed by atoms with Crippen LogP contribution in [0.25, 0.3) is 10.9 Å². The van der Waals surface area contributed by atoms with Gasteiger partial charge in [0.25, 0.3) is 0 Å². The van der Waals surface area contributed by atoms with Crippen LogP contribution in [-0.2, 0) is 11.3 Å². The van der Waals surface area contributed by atoms with Crippen molar-refractivity contribution in [3.05, 3.63) is 42.1 Å². The van der Waals surface area contributed by atoms with Crippen LogP contribution in [0.5, 0.6) is 0 Å². The lowest BCUT2D eigenvalue weighted by Gasteiger charge is -2.13. The number of para-hydroxylation sites is 1. The molecule has 0 spiro atoms. The van der Waals surface area contributed by atoms with Crippen LogP contribution in [0.1, 0.15) is 5.56 Å². The van der Waals surface area contributed by atoms with Crippen LogP contribution in [0.2, 0.25) is 0 Å². The Morgan fingerprint density at radius 1 is 1.24 bits per heavy atom. The van der Waals surface area contributed by atoms with E-state index in [1.807, 2.05) is 30.3 Å². The summed E-state index contributed by atoms with van der Waals surface area (Å²) in [7, 11) is 0. The predicted octanol–water partition coefficient (Wildman–Crippen LogP) is 0.480. The molecule has 1 heterocycles. The van der Waals surface area contributed by atoms with Gasteiger partial charge in [-0.15, -0.1) is 0 Å². The van der Waals surface area contributed by atoms with Gasteiger partial charge in [0.2, 0.25) is 0 Å². The van der Waals surface area contributed by atoms with E-state index in [1.165, 1.54) is 0 Å². The maximum Gasteiger partial charge on any atom is 0.328 e.